The van der Waals surface area contributed by atoms with Crippen molar-refractivity contribution in [3.8, 4) is 5.88 Å². The standard InChI is InChI=1S/C29H28FN5O4S/c1-31-20-6-5-19(22(30)13-20)17-39-27-4-2-3-23(33-27)18-7-10-34(11-8-18)16-26-32-24-14-25(29(36)37)40-28(24)35(26)15-21-9-12-38-21/h2-6,13-14,18,21H,7-12,15-17H2,(H,36,37). The molecule has 0 spiro atoms. The highest BCUT2D eigenvalue weighted by molar-refractivity contribution is 7.20. The Morgan fingerprint density at radius 2 is 2.02 bits per heavy atom. The number of fused-ring (bicyclic) bond motifs is 1. The van der Waals surface area contributed by atoms with Crippen LogP contribution in [0.15, 0.2) is 42.5 Å². The van der Waals surface area contributed by atoms with Crippen molar-refractivity contribution in [1.82, 2.24) is 19.4 Å². The lowest BCUT2D eigenvalue weighted by molar-refractivity contribution is -0.0591. The van der Waals surface area contributed by atoms with Crippen LogP contribution in [0.4, 0.5) is 10.1 Å². The second-order valence-corrected chi connectivity index (χ2v) is 11.2. The summed E-state index contributed by atoms with van der Waals surface area (Å²) >= 11 is 1.27. The number of rotatable bonds is 9. The number of carboxylic acids is 1. The van der Waals surface area contributed by atoms with E-state index in [0.29, 0.717) is 35.3 Å². The van der Waals surface area contributed by atoms with Crippen molar-refractivity contribution >= 4 is 33.3 Å². The number of nitrogens with zero attached hydrogens (tertiary/aromatic N) is 5. The number of hydrogen-bond acceptors (Lipinski definition) is 7. The summed E-state index contributed by atoms with van der Waals surface area (Å²) in [5, 5.41) is 9.42. The fraction of sp³-hybridized carbons (Fsp3) is 0.379. The van der Waals surface area contributed by atoms with Crippen molar-refractivity contribution in [2.75, 3.05) is 19.7 Å². The first-order chi connectivity index (χ1) is 19.5. The molecule has 0 aliphatic carbocycles. The van der Waals surface area contributed by atoms with Gasteiger partial charge in [-0.3, -0.25) is 4.90 Å². The summed E-state index contributed by atoms with van der Waals surface area (Å²) < 4.78 is 27.8. The third kappa shape index (κ3) is 5.56. The molecule has 1 aromatic carbocycles. The summed E-state index contributed by atoms with van der Waals surface area (Å²) in [5.74, 6) is 0.301. The third-order valence-corrected chi connectivity index (χ3v) is 8.68. The van der Waals surface area contributed by atoms with Crippen molar-refractivity contribution < 1.29 is 23.8 Å². The molecule has 1 unspecified atom stereocenters. The van der Waals surface area contributed by atoms with E-state index in [4.69, 9.17) is 26.0 Å². The molecule has 0 radical (unpaired) electrons. The Bertz CT molecular complexity index is 1580. The molecule has 40 heavy (non-hydrogen) atoms. The van der Waals surface area contributed by atoms with Crippen LogP contribution in [0.5, 0.6) is 5.88 Å². The van der Waals surface area contributed by atoms with Crippen LogP contribution in [0.25, 0.3) is 15.2 Å². The third-order valence-electron chi connectivity index (χ3n) is 7.55. The lowest BCUT2D eigenvalue weighted by Crippen LogP contribution is -2.35. The van der Waals surface area contributed by atoms with Gasteiger partial charge in [0, 0.05) is 29.8 Å². The van der Waals surface area contributed by atoms with Gasteiger partial charge in [0.2, 0.25) is 5.88 Å². The molecule has 5 heterocycles. The van der Waals surface area contributed by atoms with Crippen LogP contribution < -0.4 is 4.74 Å². The maximum atomic E-state index is 14.2. The number of piperidine rings is 1. The Hall–Kier alpha value is -3.85. The smallest absolute Gasteiger partial charge is 0.346 e. The molecule has 4 aromatic rings. The molecule has 11 heteroatoms. The Balaban J connectivity index is 1.08. The van der Waals surface area contributed by atoms with E-state index in [1.165, 1.54) is 17.4 Å². The molecule has 2 saturated heterocycles. The largest absolute Gasteiger partial charge is 0.477 e. The minimum Gasteiger partial charge on any atom is -0.477 e. The van der Waals surface area contributed by atoms with Gasteiger partial charge in [-0.1, -0.05) is 18.2 Å². The average Bonchev–Trinajstić information content (AvgIpc) is 3.49. The number of imidazole rings is 1. The molecule has 2 aliphatic rings. The Morgan fingerprint density at radius 1 is 1.20 bits per heavy atom. The lowest BCUT2D eigenvalue weighted by atomic mass is 9.93. The summed E-state index contributed by atoms with van der Waals surface area (Å²) in [4.78, 5) is 27.8. The van der Waals surface area contributed by atoms with E-state index in [2.05, 4.69) is 14.3 Å². The van der Waals surface area contributed by atoms with Gasteiger partial charge in [0.05, 0.1) is 25.8 Å². The number of halogens is 1. The average molecular weight is 562 g/mol. The molecule has 1 N–H and O–H groups in total. The topological polar surface area (TPSA) is 94.1 Å². The van der Waals surface area contributed by atoms with Crippen LogP contribution in [0.1, 0.15) is 51.9 Å². The van der Waals surface area contributed by atoms with Gasteiger partial charge in [0.1, 0.15) is 33.5 Å². The SMILES string of the molecule is [C-]#[N+]c1ccc(COc2cccc(C3CCN(Cc4nc5cc(C(=O)O)sc5n4CC4CCO4)CC3)n2)c(F)c1. The number of carboxylic acid groups (broad SMARTS) is 1. The van der Waals surface area contributed by atoms with Gasteiger partial charge in [-0.05, 0) is 50.6 Å². The minimum atomic E-state index is -0.927. The first-order valence-corrected chi connectivity index (χ1v) is 14.1. The van der Waals surface area contributed by atoms with Crippen LogP contribution in [0.3, 0.4) is 0 Å². The Kier molecular flexibility index (Phi) is 7.47. The molecule has 9 nitrogen and oxygen atoms in total. The number of aromatic carboxylic acids is 1. The number of carbonyl (C=O) groups is 1. The molecule has 0 amide bonds. The van der Waals surface area contributed by atoms with Gasteiger partial charge >= 0.3 is 5.97 Å². The van der Waals surface area contributed by atoms with Crippen molar-refractivity contribution in [2.24, 2.45) is 0 Å². The molecular formula is C29H28FN5O4S. The number of pyridine rings is 1. The number of thiophene rings is 1. The van der Waals surface area contributed by atoms with Gasteiger partial charge in [0.15, 0.2) is 5.69 Å². The van der Waals surface area contributed by atoms with Gasteiger partial charge < -0.3 is 19.1 Å². The normalized spacial score (nSPS) is 17.9. The van der Waals surface area contributed by atoms with Crippen molar-refractivity contribution in [3.63, 3.8) is 0 Å². The van der Waals surface area contributed by atoms with Gasteiger partial charge in [-0.2, -0.15) is 0 Å². The van der Waals surface area contributed by atoms with Crippen molar-refractivity contribution in [2.45, 2.75) is 51.0 Å². The maximum Gasteiger partial charge on any atom is 0.346 e. The molecule has 0 saturated carbocycles. The fourth-order valence-electron chi connectivity index (χ4n) is 5.21. The van der Waals surface area contributed by atoms with Crippen LogP contribution in [-0.2, 0) is 24.4 Å². The molecular weight excluding hydrogens is 533 g/mol. The highest BCUT2D eigenvalue weighted by atomic mass is 32.1. The first kappa shape index (κ1) is 26.4. The highest BCUT2D eigenvalue weighted by Crippen LogP contribution is 2.32. The van der Waals surface area contributed by atoms with E-state index in [0.717, 1.165) is 60.8 Å². The molecule has 1 atom stereocenters. The first-order valence-electron chi connectivity index (χ1n) is 13.3. The van der Waals surface area contributed by atoms with Gasteiger partial charge in [-0.25, -0.2) is 24.0 Å². The zero-order chi connectivity index (χ0) is 27.6. The number of aromatic nitrogens is 3. The summed E-state index contributed by atoms with van der Waals surface area (Å²) in [7, 11) is 0. The number of benzene rings is 1. The molecule has 2 fully saturated rings. The van der Waals surface area contributed by atoms with Crippen molar-refractivity contribution in [1.29, 1.82) is 0 Å². The summed E-state index contributed by atoms with van der Waals surface area (Å²) in [6.07, 6.45) is 3.02. The number of likely N-dealkylation sites (tertiary alicyclic amines) is 1. The van der Waals surface area contributed by atoms with Crippen LogP contribution in [-0.4, -0.2) is 56.3 Å². The fourth-order valence-corrected chi connectivity index (χ4v) is 6.17. The Labute approximate surface area is 234 Å². The summed E-state index contributed by atoms with van der Waals surface area (Å²) in [6.45, 7) is 11.0. The molecule has 206 valence electrons. The number of ether oxygens (including phenoxy) is 2. The molecule has 2 aliphatic heterocycles. The molecule has 6 rings (SSSR count). The van der Waals surface area contributed by atoms with E-state index in [1.807, 2.05) is 12.1 Å². The summed E-state index contributed by atoms with van der Waals surface area (Å²) in [6, 6.07) is 11.7. The second-order valence-electron chi connectivity index (χ2n) is 10.2. The predicted molar refractivity (Wildman–Crippen MR) is 147 cm³/mol. The van der Waals surface area contributed by atoms with Crippen LogP contribution >= 0.6 is 11.3 Å². The van der Waals surface area contributed by atoms with E-state index in [1.54, 1.807) is 24.3 Å². The Morgan fingerprint density at radius 3 is 2.73 bits per heavy atom. The lowest BCUT2D eigenvalue weighted by Gasteiger charge is -2.32. The van der Waals surface area contributed by atoms with Gasteiger partial charge in [0.25, 0.3) is 0 Å². The quantitative estimate of drug-likeness (QED) is 0.265. The molecule has 0 bridgehead atoms. The van der Waals surface area contributed by atoms with E-state index < -0.39 is 11.8 Å². The zero-order valence-electron chi connectivity index (χ0n) is 21.8. The van der Waals surface area contributed by atoms with E-state index in [9.17, 15) is 14.3 Å². The predicted octanol–water partition coefficient (Wildman–Crippen LogP) is 5.63. The van der Waals surface area contributed by atoms with Crippen LogP contribution in [0, 0.1) is 12.4 Å². The summed E-state index contributed by atoms with van der Waals surface area (Å²) in [5.41, 5.74) is 2.34. The van der Waals surface area contributed by atoms with Crippen LogP contribution in [0.2, 0.25) is 0 Å². The zero-order valence-corrected chi connectivity index (χ0v) is 22.6. The maximum absolute atomic E-state index is 14.2. The monoisotopic (exact) mass is 561 g/mol. The molecule has 3 aromatic heterocycles. The number of hydrogen-bond donors (Lipinski definition) is 1. The highest BCUT2D eigenvalue weighted by Gasteiger charge is 2.27. The second kappa shape index (κ2) is 11.3. The van der Waals surface area contributed by atoms with Crippen molar-refractivity contribution in [3.05, 3.63) is 81.7 Å². The van der Waals surface area contributed by atoms with Gasteiger partial charge in [-0.15, -0.1) is 11.3 Å². The minimum absolute atomic E-state index is 0.0446. The van der Waals surface area contributed by atoms with E-state index >= 15 is 0 Å². The van der Waals surface area contributed by atoms with E-state index in [-0.39, 0.29) is 18.4 Å².